The second-order valence-electron chi connectivity index (χ2n) is 12.5. The Balaban J connectivity index is 3.05. The smallest absolute Gasteiger partial charge is 0.309 e. The van der Waals surface area contributed by atoms with Crippen LogP contribution in [0.2, 0.25) is 0 Å². The third kappa shape index (κ3) is 13.8. The van der Waals surface area contributed by atoms with Crippen molar-refractivity contribution in [2.75, 3.05) is 13.7 Å². The number of carbonyl (C=O) groups is 1. The number of phenols is 1. The number of aliphatic carboxylic acids is 1. The van der Waals surface area contributed by atoms with E-state index in [4.69, 9.17) is 10.1 Å². The van der Waals surface area contributed by atoms with Gasteiger partial charge in [-0.25, -0.2) is 0 Å². The Morgan fingerprint density at radius 3 is 2.31 bits per heavy atom. The van der Waals surface area contributed by atoms with E-state index in [1.54, 1.807) is 33.1 Å². The van der Waals surface area contributed by atoms with Gasteiger partial charge in [-0.1, -0.05) is 89.9 Å². The first-order valence-electron chi connectivity index (χ1n) is 15.8. The van der Waals surface area contributed by atoms with Crippen LogP contribution in [0.4, 0.5) is 0 Å². The Morgan fingerprint density at radius 2 is 1.76 bits per heavy atom. The summed E-state index contributed by atoms with van der Waals surface area (Å²) in [5, 5.41) is 30.6. The van der Waals surface area contributed by atoms with E-state index in [2.05, 4.69) is 39.2 Å². The molecule has 0 aromatic heterocycles. The minimum Gasteiger partial charge on any atom is -0.508 e. The number of ether oxygens (including phenoxy) is 1. The molecule has 0 heterocycles. The quantitative estimate of drug-likeness (QED) is 0.0696. The molecule has 1 rings (SSSR count). The Labute approximate surface area is 260 Å². The molecule has 3 atom stereocenters. The number of phenolic OH excluding ortho intramolecular Hbond substituents is 1. The van der Waals surface area contributed by atoms with Crippen molar-refractivity contribution in [2.45, 2.75) is 118 Å². The van der Waals surface area contributed by atoms with Crippen molar-refractivity contribution in [3.05, 3.63) is 53.6 Å². The molecule has 0 radical (unpaired) electrons. The molecule has 1 aromatic rings. The van der Waals surface area contributed by atoms with E-state index >= 15 is 0 Å². The highest BCUT2D eigenvalue weighted by Crippen LogP contribution is 2.31. The number of hydrogen-bond acceptors (Lipinski definition) is 6. The summed E-state index contributed by atoms with van der Waals surface area (Å²) in [6.07, 6.45) is 11.6. The highest BCUT2D eigenvalue weighted by atomic mass is 32.2. The number of rotatable bonds is 22. The number of hydrogen-bond donors (Lipinski definition) is 3. The summed E-state index contributed by atoms with van der Waals surface area (Å²) < 4.78 is 5.89. The molecule has 3 N–H and O–H groups in total. The zero-order valence-corrected chi connectivity index (χ0v) is 28.1. The first kappa shape index (κ1) is 37.8. The molecule has 3 unspecified atom stereocenters. The third-order valence-corrected chi connectivity index (χ3v) is 8.82. The fourth-order valence-corrected chi connectivity index (χ4v) is 6.06. The first-order chi connectivity index (χ1) is 19.9. The number of benzene rings is 1. The average Bonchev–Trinajstić information content (AvgIpc) is 2.93. The van der Waals surface area contributed by atoms with Gasteiger partial charge in [0.1, 0.15) is 11.9 Å². The van der Waals surface area contributed by atoms with E-state index in [0.717, 1.165) is 44.2 Å². The number of nitrogens with zero attached hydrogens (tertiary/aromatic N) is 1. The number of carboxylic acid groups (broad SMARTS) is 1. The maximum atomic E-state index is 11.9. The highest BCUT2D eigenvalue weighted by molar-refractivity contribution is 8.16. The van der Waals surface area contributed by atoms with Crippen LogP contribution in [0, 0.1) is 22.7 Å². The predicted octanol–water partition coefficient (Wildman–Crippen LogP) is 9.29. The number of carboxylic acids is 1. The van der Waals surface area contributed by atoms with E-state index in [9.17, 15) is 15.0 Å². The van der Waals surface area contributed by atoms with Gasteiger partial charge in [0.05, 0.1) is 10.5 Å². The third-order valence-electron chi connectivity index (χ3n) is 8.01. The maximum Gasteiger partial charge on any atom is 0.309 e. The number of nitrogens with one attached hydrogen (secondary N) is 1. The minimum atomic E-state index is -0.885. The molecule has 0 bridgehead atoms. The molecule has 0 saturated carbocycles. The van der Waals surface area contributed by atoms with Crippen LogP contribution in [0.15, 0.2) is 48.0 Å². The van der Waals surface area contributed by atoms with E-state index < -0.39 is 11.4 Å². The van der Waals surface area contributed by atoms with Crippen LogP contribution in [-0.4, -0.2) is 51.9 Å². The number of allylic oxidation sites excluding steroid dienone is 2. The van der Waals surface area contributed by atoms with Crippen molar-refractivity contribution in [2.24, 2.45) is 17.3 Å². The molecule has 7 heteroatoms. The van der Waals surface area contributed by atoms with E-state index in [-0.39, 0.29) is 23.8 Å². The van der Waals surface area contributed by atoms with Gasteiger partial charge in [0, 0.05) is 31.8 Å². The van der Waals surface area contributed by atoms with Crippen LogP contribution < -0.4 is 0 Å². The van der Waals surface area contributed by atoms with Crippen molar-refractivity contribution in [1.29, 1.82) is 5.41 Å². The Morgan fingerprint density at radius 1 is 1.12 bits per heavy atom. The van der Waals surface area contributed by atoms with Crippen LogP contribution in [0.3, 0.4) is 0 Å². The Bertz CT molecular complexity index is 974. The van der Waals surface area contributed by atoms with Gasteiger partial charge in [-0.2, -0.15) is 0 Å². The van der Waals surface area contributed by atoms with Crippen molar-refractivity contribution in [3.8, 4) is 5.75 Å². The lowest BCUT2D eigenvalue weighted by atomic mass is 9.80. The average molecular weight is 603 g/mol. The van der Waals surface area contributed by atoms with Crippen molar-refractivity contribution in [1.82, 2.24) is 4.90 Å². The highest BCUT2D eigenvalue weighted by Gasteiger charge is 2.31. The number of unbranched alkanes of at least 4 members (excludes halogenated alkanes) is 4. The zero-order valence-electron chi connectivity index (χ0n) is 27.3. The topological polar surface area (TPSA) is 93.9 Å². The molecule has 0 spiro atoms. The van der Waals surface area contributed by atoms with Gasteiger partial charge in [0.2, 0.25) is 0 Å². The molecule has 0 saturated heterocycles. The number of aromatic hydroxyl groups is 1. The largest absolute Gasteiger partial charge is 0.508 e. The molecule has 0 aliphatic heterocycles. The van der Waals surface area contributed by atoms with Crippen LogP contribution in [-0.2, 0) is 16.0 Å². The van der Waals surface area contributed by atoms with Gasteiger partial charge >= 0.3 is 5.97 Å². The molecule has 0 aliphatic carbocycles. The van der Waals surface area contributed by atoms with Gasteiger partial charge in [-0.05, 0) is 80.9 Å². The molecule has 42 heavy (non-hydrogen) atoms. The van der Waals surface area contributed by atoms with Gasteiger partial charge < -0.3 is 19.8 Å². The summed E-state index contributed by atoms with van der Waals surface area (Å²) in [7, 11) is 1.68. The van der Waals surface area contributed by atoms with Gasteiger partial charge in [-0.15, -0.1) is 0 Å². The van der Waals surface area contributed by atoms with Crippen LogP contribution in [0.1, 0.15) is 105 Å². The molecular formula is C35H58N2O4S. The molecule has 0 amide bonds. The lowest BCUT2D eigenvalue weighted by molar-refractivity contribution is -0.147. The fraction of sp³-hybridized carbons (Fsp3) is 0.657. The van der Waals surface area contributed by atoms with E-state index in [1.165, 1.54) is 36.7 Å². The summed E-state index contributed by atoms with van der Waals surface area (Å²) >= 11 is 1.35. The Hall–Kier alpha value is -2.25. The first-order valence-corrected chi connectivity index (χ1v) is 16.6. The van der Waals surface area contributed by atoms with Crippen LogP contribution in [0.5, 0.6) is 5.75 Å². The molecule has 6 nitrogen and oxygen atoms in total. The Kier molecular flexibility index (Phi) is 17.8. The summed E-state index contributed by atoms with van der Waals surface area (Å²) in [5.41, 5.74) is 1.34. The number of methoxy groups -OCH3 is 1. The second kappa shape index (κ2) is 19.8. The van der Waals surface area contributed by atoms with Crippen molar-refractivity contribution in [3.63, 3.8) is 0 Å². The molecule has 1 aromatic carbocycles. The SMILES string of the molecule is C=C(CCCC)N(CCCCCC)C(CC(OC)C(=N)S/C=C/C(Cc1ccc(O)cc1)CC(C)(C)C(=O)O)C(C)C. The van der Waals surface area contributed by atoms with Gasteiger partial charge in [-0.3, -0.25) is 10.2 Å². The van der Waals surface area contributed by atoms with E-state index in [1.807, 2.05) is 23.6 Å². The maximum absolute atomic E-state index is 11.9. The van der Waals surface area contributed by atoms with Gasteiger partial charge in [0.15, 0.2) is 0 Å². The van der Waals surface area contributed by atoms with Crippen molar-refractivity contribution < 1.29 is 19.7 Å². The molecule has 0 aliphatic rings. The van der Waals surface area contributed by atoms with Crippen molar-refractivity contribution >= 4 is 22.8 Å². The lowest BCUT2D eigenvalue weighted by Crippen LogP contribution is -2.42. The van der Waals surface area contributed by atoms with Gasteiger partial charge in [0.25, 0.3) is 0 Å². The standard InChI is InChI=1S/C35H58N2O4S/c1-9-11-13-14-21-37(27(5)15-12-10-2)31(26(3)4)24-32(41-8)33(36)42-22-20-29(25-35(6,7)34(39)40)23-28-16-18-30(38)19-17-28/h16-20,22,26,29,31-32,36,38H,5,9-15,21,23-25H2,1-4,6-8H3,(H,39,40)/b22-20+,36-33?. The summed E-state index contributed by atoms with van der Waals surface area (Å²) in [6, 6.07) is 7.27. The molecular weight excluding hydrogens is 544 g/mol. The lowest BCUT2D eigenvalue weighted by Gasteiger charge is -2.39. The molecule has 0 fully saturated rings. The summed E-state index contributed by atoms with van der Waals surface area (Å²) in [5.74, 6) is -0.273. The van der Waals surface area contributed by atoms with Crippen LogP contribution >= 0.6 is 11.8 Å². The van der Waals surface area contributed by atoms with Crippen LogP contribution in [0.25, 0.3) is 0 Å². The molecule has 238 valence electrons. The summed E-state index contributed by atoms with van der Waals surface area (Å²) in [4.78, 5) is 14.4. The predicted molar refractivity (Wildman–Crippen MR) is 179 cm³/mol. The van der Waals surface area contributed by atoms with E-state index in [0.29, 0.717) is 23.8 Å². The monoisotopic (exact) mass is 602 g/mol. The summed E-state index contributed by atoms with van der Waals surface area (Å²) in [6.45, 7) is 17.9. The normalized spacial score (nSPS) is 14.2. The number of thioether (sulfide) groups is 1. The fourth-order valence-electron chi connectivity index (χ4n) is 5.27. The second-order valence-corrected chi connectivity index (χ2v) is 13.5. The zero-order chi connectivity index (χ0) is 31.7. The minimum absolute atomic E-state index is 0.0362.